The van der Waals surface area contributed by atoms with E-state index in [1.165, 1.54) is 18.4 Å². The van der Waals surface area contributed by atoms with Gasteiger partial charge in [0.25, 0.3) is 0 Å². The van der Waals surface area contributed by atoms with Gasteiger partial charge in [-0.3, -0.25) is 0 Å². The van der Waals surface area contributed by atoms with Crippen molar-refractivity contribution in [3.8, 4) is 5.75 Å². The van der Waals surface area contributed by atoms with Crippen LogP contribution in [0.3, 0.4) is 0 Å². The van der Waals surface area contributed by atoms with Crippen molar-refractivity contribution in [2.45, 2.75) is 18.8 Å². The zero-order valence-electron chi connectivity index (χ0n) is 7.01. The summed E-state index contributed by atoms with van der Waals surface area (Å²) in [7, 11) is 1.71. The van der Waals surface area contributed by atoms with Gasteiger partial charge in [-0.05, 0) is 42.5 Å². The zero-order chi connectivity index (χ0) is 8.55. The van der Waals surface area contributed by atoms with Crippen molar-refractivity contribution in [1.29, 1.82) is 0 Å². The van der Waals surface area contributed by atoms with Crippen LogP contribution < -0.4 is 4.74 Å². The Labute approximate surface area is 80.9 Å². The Balaban J connectivity index is 2.34. The quantitative estimate of drug-likeness (QED) is 0.752. The van der Waals surface area contributed by atoms with Crippen molar-refractivity contribution in [2.75, 3.05) is 7.11 Å². The largest absolute Gasteiger partial charge is 0.497 e. The van der Waals surface area contributed by atoms with Crippen molar-refractivity contribution in [2.24, 2.45) is 0 Å². The second kappa shape index (κ2) is 3.09. The van der Waals surface area contributed by atoms with Gasteiger partial charge in [-0.2, -0.15) is 0 Å². The predicted molar refractivity (Wildman–Crippen MR) is 52.7 cm³/mol. The molecule has 0 N–H and O–H groups in total. The van der Waals surface area contributed by atoms with E-state index in [2.05, 4.69) is 28.1 Å². The molecule has 2 rings (SSSR count). The Morgan fingerprint density at radius 2 is 2.08 bits per heavy atom. The molecule has 1 aliphatic carbocycles. The van der Waals surface area contributed by atoms with Crippen molar-refractivity contribution in [3.63, 3.8) is 0 Å². The lowest BCUT2D eigenvalue weighted by atomic mass is 10.1. The molecule has 1 aromatic carbocycles. The van der Waals surface area contributed by atoms with Crippen LogP contribution in [0.25, 0.3) is 0 Å². The second-order valence-electron chi connectivity index (χ2n) is 3.20. The van der Waals surface area contributed by atoms with Crippen LogP contribution in [-0.2, 0) is 0 Å². The maximum Gasteiger partial charge on any atom is 0.120 e. The van der Waals surface area contributed by atoms with Crippen molar-refractivity contribution < 1.29 is 4.74 Å². The first-order valence-corrected chi connectivity index (χ1v) is 4.93. The van der Waals surface area contributed by atoms with E-state index in [-0.39, 0.29) is 0 Å². The first-order chi connectivity index (χ1) is 5.79. The fraction of sp³-hybridized carbons (Fsp3) is 0.400. The van der Waals surface area contributed by atoms with Gasteiger partial charge in [0, 0.05) is 4.47 Å². The Morgan fingerprint density at radius 3 is 2.67 bits per heavy atom. The number of hydrogen-bond donors (Lipinski definition) is 0. The minimum atomic E-state index is 0.788. The van der Waals surface area contributed by atoms with Gasteiger partial charge < -0.3 is 4.74 Å². The highest BCUT2D eigenvalue weighted by Gasteiger charge is 2.24. The summed E-state index contributed by atoms with van der Waals surface area (Å²) in [6, 6.07) is 6.30. The molecule has 2 heteroatoms. The van der Waals surface area contributed by atoms with Crippen molar-refractivity contribution in [3.05, 3.63) is 28.2 Å². The maximum atomic E-state index is 5.18. The molecule has 0 aromatic heterocycles. The van der Waals surface area contributed by atoms with Crippen LogP contribution >= 0.6 is 15.9 Å². The molecule has 0 aliphatic heterocycles. The molecule has 12 heavy (non-hydrogen) atoms. The third-order valence-electron chi connectivity index (χ3n) is 2.18. The molecule has 0 unspecified atom stereocenters. The highest BCUT2D eigenvalue weighted by Crippen LogP contribution is 2.42. The Kier molecular flexibility index (Phi) is 2.09. The van der Waals surface area contributed by atoms with Gasteiger partial charge >= 0.3 is 0 Å². The normalized spacial score (nSPS) is 16.2. The van der Waals surface area contributed by atoms with Crippen LogP contribution in [0.1, 0.15) is 24.3 Å². The molecule has 0 bridgehead atoms. The predicted octanol–water partition coefficient (Wildman–Crippen LogP) is 3.34. The van der Waals surface area contributed by atoms with E-state index in [9.17, 15) is 0 Å². The Bertz CT molecular complexity index is 292. The minimum Gasteiger partial charge on any atom is -0.497 e. The number of halogens is 1. The van der Waals surface area contributed by atoms with Gasteiger partial charge in [-0.25, -0.2) is 0 Å². The van der Waals surface area contributed by atoms with Gasteiger partial charge in [-0.1, -0.05) is 15.9 Å². The average molecular weight is 227 g/mol. The highest BCUT2D eigenvalue weighted by molar-refractivity contribution is 9.10. The van der Waals surface area contributed by atoms with Gasteiger partial charge in [-0.15, -0.1) is 0 Å². The first-order valence-electron chi connectivity index (χ1n) is 4.14. The first kappa shape index (κ1) is 8.11. The monoisotopic (exact) mass is 226 g/mol. The van der Waals surface area contributed by atoms with E-state index in [0.29, 0.717) is 0 Å². The molecule has 0 spiro atoms. The number of benzene rings is 1. The molecule has 0 saturated heterocycles. The lowest BCUT2D eigenvalue weighted by Crippen LogP contribution is -1.85. The Hall–Kier alpha value is -0.500. The van der Waals surface area contributed by atoms with Crippen LogP contribution in [0.15, 0.2) is 22.7 Å². The van der Waals surface area contributed by atoms with E-state index in [1.54, 1.807) is 7.11 Å². The van der Waals surface area contributed by atoms with E-state index in [0.717, 1.165) is 16.1 Å². The Morgan fingerprint density at radius 1 is 1.33 bits per heavy atom. The van der Waals surface area contributed by atoms with Gasteiger partial charge in [0.15, 0.2) is 0 Å². The molecule has 0 atom stereocenters. The third kappa shape index (κ3) is 1.63. The molecule has 1 saturated carbocycles. The minimum absolute atomic E-state index is 0.788. The van der Waals surface area contributed by atoms with Crippen molar-refractivity contribution in [1.82, 2.24) is 0 Å². The summed E-state index contributed by atoms with van der Waals surface area (Å²) in [5.41, 5.74) is 1.40. The number of methoxy groups -OCH3 is 1. The molecule has 64 valence electrons. The van der Waals surface area contributed by atoms with Crippen molar-refractivity contribution >= 4 is 15.9 Å². The zero-order valence-corrected chi connectivity index (χ0v) is 8.60. The SMILES string of the molecule is COc1cc(Br)cc(C2CC2)c1. The van der Waals surface area contributed by atoms with Gasteiger partial charge in [0.2, 0.25) is 0 Å². The topological polar surface area (TPSA) is 9.23 Å². The highest BCUT2D eigenvalue weighted by atomic mass is 79.9. The summed E-state index contributed by atoms with van der Waals surface area (Å²) in [5, 5.41) is 0. The molecule has 1 aliphatic rings. The van der Waals surface area contributed by atoms with Gasteiger partial charge in [0.1, 0.15) is 5.75 Å². The maximum absolute atomic E-state index is 5.18. The summed E-state index contributed by atoms with van der Waals surface area (Å²) in [4.78, 5) is 0. The number of hydrogen-bond acceptors (Lipinski definition) is 1. The molecule has 1 aromatic rings. The third-order valence-corrected chi connectivity index (χ3v) is 2.64. The van der Waals surface area contributed by atoms with E-state index < -0.39 is 0 Å². The van der Waals surface area contributed by atoms with Crippen LogP contribution in [0, 0.1) is 0 Å². The molecule has 1 fully saturated rings. The summed E-state index contributed by atoms with van der Waals surface area (Å²) < 4.78 is 6.30. The fourth-order valence-corrected chi connectivity index (χ4v) is 1.84. The van der Waals surface area contributed by atoms with Gasteiger partial charge in [0.05, 0.1) is 7.11 Å². The molecule has 0 amide bonds. The molecular formula is C10H11BrO. The smallest absolute Gasteiger partial charge is 0.120 e. The fourth-order valence-electron chi connectivity index (χ4n) is 1.35. The van der Waals surface area contributed by atoms with Crippen LogP contribution in [0.4, 0.5) is 0 Å². The van der Waals surface area contributed by atoms with Crippen LogP contribution in [0.5, 0.6) is 5.75 Å². The summed E-state index contributed by atoms with van der Waals surface area (Å²) >= 11 is 3.47. The summed E-state index contributed by atoms with van der Waals surface area (Å²) in [5.74, 6) is 1.74. The average Bonchev–Trinajstić information content (AvgIpc) is 2.85. The molecule has 0 radical (unpaired) electrons. The second-order valence-corrected chi connectivity index (χ2v) is 4.11. The number of ether oxygens (including phenoxy) is 1. The van der Waals surface area contributed by atoms with Crippen LogP contribution in [0.2, 0.25) is 0 Å². The van der Waals surface area contributed by atoms with E-state index in [4.69, 9.17) is 4.74 Å². The lowest BCUT2D eigenvalue weighted by molar-refractivity contribution is 0.414. The summed E-state index contributed by atoms with van der Waals surface area (Å²) in [6.07, 6.45) is 2.67. The van der Waals surface area contributed by atoms with Crippen LogP contribution in [-0.4, -0.2) is 7.11 Å². The molecular weight excluding hydrogens is 216 g/mol. The summed E-state index contributed by atoms with van der Waals surface area (Å²) in [6.45, 7) is 0. The van der Waals surface area contributed by atoms with E-state index in [1.807, 2.05) is 6.07 Å². The number of rotatable bonds is 2. The molecule has 0 heterocycles. The molecule has 1 nitrogen and oxygen atoms in total. The standard InChI is InChI=1S/C10H11BrO/c1-12-10-5-8(7-2-3-7)4-9(11)6-10/h4-7H,2-3H2,1H3. The lowest BCUT2D eigenvalue weighted by Gasteiger charge is -2.04. The van der Waals surface area contributed by atoms with E-state index >= 15 is 0 Å².